The predicted molar refractivity (Wildman–Crippen MR) is 132 cm³/mol. The Morgan fingerprint density at radius 1 is 0.909 bits per heavy atom. The molecule has 0 aliphatic carbocycles. The number of likely N-dealkylation sites (tertiary alicyclic amines) is 1. The molecule has 3 aromatic rings. The van der Waals surface area contributed by atoms with E-state index in [1.165, 1.54) is 5.56 Å². The van der Waals surface area contributed by atoms with E-state index in [0.717, 1.165) is 55.1 Å². The quantitative estimate of drug-likeness (QED) is 0.395. The molecule has 1 heterocycles. The number of nitrogens with zero attached hydrogens (tertiary/aromatic N) is 2. The summed E-state index contributed by atoms with van der Waals surface area (Å²) in [4.78, 5) is 15.0. The summed E-state index contributed by atoms with van der Waals surface area (Å²) in [6.07, 6.45) is 1.72. The van der Waals surface area contributed by atoms with E-state index in [2.05, 4.69) is 39.7 Å². The Morgan fingerprint density at radius 2 is 1.52 bits per heavy atom. The number of hydrogen-bond acceptors (Lipinski definition) is 4. The third-order valence-electron chi connectivity index (χ3n) is 6.06. The van der Waals surface area contributed by atoms with Crippen molar-refractivity contribution in [1.82, 2.24) is 10.3 Å². The lowest BCUT2D eigenvalue weighted by atomic mass is 9.96. The van der Waals surface area contributed by atoms with Crippen LogP contribution in [0.5, 0.6) is 5.75 Å². The van der Waals surface area contributed by atoms with E-state index in [-0.39, 0.29) is 11.8 Å². The molecule has 170 valence electrons. The molecular formula is C28H31N3O2. The largest absolute Gasteiger partial charge is 0.489 e. The van der Waals surface area contributed by atoms with Crippen LogP contribution in [0, 0.1) is 5.92 Å². The number of carbonyl (C=O) groups excluding carboxylic acids is 1. The molecule has 1 aliphatic rings. The zero-order chi connectivity index (χ0) is 22.9. The highest BCUT2D eigenvalue weighted by Gasteiger charge is 2.24. The fraction of sp³-hybridized carbons (Fsp3) is 0.286. The Labute approximate surface area is 196 Å². The summed E-state index contributed by atoms with van der Waals surface area (Å²) in [5, 5.41) is 4.34. The van der Waals surface area contributed by atoms with Gasteiger partial charge in [-0.05, 0) is 73.8 Å². The molecular weight excluding hydrogens is 410 g/mol. The van der Waals surface area contributed by atoms with Crippen LogP contribution < -0.4 is 10.2 Å². The molecule has 0 spiro atoms. The third-order valence-corrected chi connectivity index (χ3v) is 6.06. The number of rotatable bonds is 8. The van der Waals surface area contributed by atoms with E-state index in [0.29, 0.717) is 6.61 Å². The van der Waals surface area contributed by atoms with Gasteiger partial charge in [-0.3, -0.25) is 9.69 Å². The molecule has 33 heavy (non-hydrogen) atoms. The van der Waals surface area contributed by atoms with Gasteiger partial charge in [-0.15, -0.1) is 0 Å². The molecule has 5 heteroatoms. The number of hydrazone groups is 1. The van der Waals surface area contributed by atoms with Crippen molar-refractivity contribution < 1.29 is 9.53 Å². The first-order valence-corrected chi connectivity index (χ1v) is 11.5. The summed E-state index contributed by atoms with van der Waals surface area (Å²) in [6, 6.07) is 28.4. The van der Waals surface area contributed by atoms with Gasteiger partial charge in [-0.2, -0.15) is 5.10 Å². The minimum Gasteiger partial charge on any atom is -0.489 e. The topological polar surface area (TPSA) is 53.9 Å². The van der Waals surface area contributed by atoms with Gasteiger partial charge in [0.25, 0.3) is 0 Å². The maximum Gasteiger partial charge on any atom is 0.243 e. The van der Waals surface area contributed by atoms with Crippen LogP contribution >= 0.6 is 0 Å². The average molecular weight is 442 g/mol. The first-order chi connectivity index (χ1) is 16.2. The van der Waals surface area contributed by atoms with Gasteiger partial charge in [0.05, 0.1) is 5.71 Å². The van der Waals surface area contributed by atoms with Gasteiger partial charge in [-0.25, -0.2) is 5.43 Å². The SMILES string of the molecule is C/C(=N\NC(=O)C1CCN(Cc2ccccc2)CC1)c1ccc(OCc2ccccc2)cc1. The van der Waals surface area contributed by atoms with E-state index in [1.807, 2.05) is 67.6 Å². The van der Waals surface area contributed by atoms with E-state index in [4.69, 9.17) is 4.74 Å². The van der Waals surface area contributed by atoms with Crippen molar-refractivity contribution in [3.63, 3.8) is 0 Å². The molecule has 3 aromatic carbocycles. The predicted octanol–water partition coefficient (Wildman–Crippen LogP) is 5.02. The molecule has 4 rings (SSSR count). The highest BCUT2D eigenvalue weighted by Crippen LogP contribution is 2.19. The highest BCUT2D eigenvalue weighted by atomic mass is 16.5. The molecule has 0 unspecified atom stereocenters. The second-order valence-corrected chi connectivity index (χ2v) is 8.51. The molecule has 1 fully saturated rings. The third kappa shape index (κ3) is 6.77. The Kier molecular flexibility index (Phi) is 7.88. The molecule has 0 atom stereocenters. The first-order valence-electron chi connectivity index (χ1n) is 11.5. The van der Waals surface area contributed by atoms with Crippen LogP contribution in [0.15, 0.2) is 90.0 Å². The van der Waals surface area contributed by atoms with Crippen LogP contribution in [-0.4, -0.2) is 29.6 Å². The van der Waals surface area contributed by atoms with Crippen molar-refractivity contribution in [2.45, 2.75) is 32.9 Å². The molecule has 5 nitrogen and oxygen atoms in total. The lowest BCUT2D eigenvalue weighted by molar-refractivity contribution is -0.126. The molecule has 1 aliphatic heterocycles. The van der Waals surface area contributed by atoms with E-state index >= 15 is 0 Å². The standard InChI is InChI=1S/C28H31N3O2/c1-22(25-12-14-27(15-13-25)33-21-24-10-6-3-7-11-24)29-30-28(32)26-16-18-31(19-17-26)20-23-8-4-2-5-9-23/h2-15,26H,16-21H2,1H3,(H,30,32)/b29-22+. The van der Waals surface area contributed by atoms with Crippen molar-refractivity contribution in [1.29, 1.82) is 0 Å². The summed E-state index contributed by atoms with van der Waals surface area (Å²) in [5.74, 6) is 0.834. The normalized spacial score (nSPS) is 15.2. The van der Waals surface area contributed by atoms with E-state index < -0.39 is 0 Å². The van der Waals surface area contributed by atoms with E-state index in [9.17, 15) is 4.79 Å². The number of hydrogen-bond donors (Lipinski definition) is 1. The van der Waals surface area contributed by atoms with Crippen molar-refractivity contribution >= 4 is 11.6 Å². The van der Waals surface area contributed by atoms with Crippen LogP contribution in [0.25, 0.3) is 0 Å². The maximum absolute atomic E-state index is 12.6. The van der Waals surface area contributed by atoms with Crippen LogP contribution in [0.4, 0.5) is 0 Å². The zero-order valence-corrected chi connectivity index (χ0v) is 19.1. The summed E-state index contributed by atoms with van der Waals surface area (Å²) in [5.41, 5.74) is 6.96. The van der Waals surface area contributed by atoms with Crippen molar-refractivity contribution in [2.24, 2.45) is 11.0 Å². The number of amides is 1. The molecule has 1 amide bonds. The van der Waals surface area contributed by atoms with Gasteiger partial charge in [0.15, 0.2) is 0 Å². The molecule has 1 N–H and O–H groups in total. The van der Waals surface area contributed by atoms with Crippen molar-refractivity contribution in [3.05, 3.63) is 102 Å². The van der Waals surface area contributed by atoms with Gasteiger partial charge in [0.2, 0.25) is 5.91 Å². The fourth-order valence-corrected chi connectivity index (χ4v) is 4.02. The van der Waals surface area contributed by atoms with Gasteiger partial charge >= 0.3 is 0 Å². The Morgan fingerprint density at radius 3 is 2.15 bits per heavy atom. The minimum absolute atomic E-state index is 0.0107. The number of ether oxygens (including phenoxy) is 1. The fourth-order valence-electron chi connectivity index (χ4n) is 4.02. The van der Waals surface area contributed by atoms with Gasteiger partial charge in [-0.1, -0.05) is 60.7 Å². The van der Waals surface area contributed by atoms with Gasteiger partial charge in [0, 0.05) is 12.5 Å². The second kappa shape index (κ2) is 11.4. The number of piperidine rings is 1. The maximum atomic E-state index is 12.6. The van der Waals surface area contributed by atoms with Crippen molar-refractivity contribution in [3.8, 4) is 5.75 Å². The van der Waals surface area contributed by atoms with Crippen molar-refractivity contribution in [2.75, 3.05) is 13.1 Å². The Balaban J connectivity index is 1.22. The van der Waals surface area contributed by atoms with Gasteiger partial charge < -0.3 is 4.74 Å². The molecule has 0 radical (unpaired) electrons. The van der Waals surface area contributed by atoms with Gasteiger partial charge in [0.1, 0.15) is 12.4 Å². The number of carbonyl (C=O) groups is 1. The highest BCUT2D eigenvalue weighted by molar-refractivity contribution is 5.99. The summed E-state index contributed by atoms with van der Waals surface area (Å²) < 4.78 is 5.84. The monoisotopic (exact) mass is 441 g/mol. The van der Waals surface area contributed by atoms with Crippen LogP contribution in [0.1, 0.15) is 36.5 Å². The Hall–Kier alpha value is -3.44. The molecule has 1 saturated heterocycles. The van der Waals surface area contributed by atoms with Crippen LogP contribution in [0.3, 0.4) is 0 Å². The average Bonchev–Trinajstić information content (AvgIpc) is 2.88. The summed E-state index contributed by atoms with van der Waals surface area (Å²) >= 11 is 0. The molecule has 0 saturated carbocycles. The second-order valence-electron chi connectivity index (χ2n) is 8.51. The zero-order valence-electron chi connectivity index (χ0n) is 19.1. The van der Waals surface area contributed by atoms with E-state index in [1.54, 1.807) is 0 Å². The first kappa shape index (κ1) is 22.7. The summed E-state index contributed by atoms with van der Waals surface area (Å²) in [6.45, 7) is 5.24. The number of nitrogens with one attached hydrogen (secondary N) is 1. The lowest BCUT2D eigenvalue weighted by Crippen LogP contribution is -2.39. The minimum atomic E-state index is 0.0107. The van der Waals surface area contributed by atoms with Crippen LogP contribution in [-0.2, 0) is 17.9 Å². The molecule has 0 bridgehead atoms. The Bertz CT molecular complexity index is 1040. The lowest BCUT2D eigenvalue weighted by Gasteiger charge is -2.30. The van der Waals surface area contributed by atoms with Crippen LogP contribution in [0.2, 0.25) is 0 Å². The molecule has 0 aromatic heterocycles. The smallest absolute Gasteiger partial charge is 0.243 e. The number of benzene rings is 3. The summed E-state index contributed by atoms with van der Waals surface area (Å²) in [7, 11) is 0.